The van der Waals surface area contributed by atoms with E-state index in [2.05, 4.69) is 0 Å². The molecule has 0 radical (unpaired) electrons. The van der Waals surface area contributed by atoms with Gasteiger partial charge in [0.25, 0.3) is 0 Å². The molecule has 1 rings (SSSR count). The Labute approximate surface area is 89.9 Å². The Bertz CT molecular complexity index is 250. The molecule has 1 fully saturated rings. The quantitative estimate of drug-likeness (QED) is 0.557. The minimum absolute atomic E-state index is 0.274. The first-order valence-electron chi connectivity index (χ1n) is 5.18. The smallest absolute Gasteiger partial charge is 0.323 e. The average molecular weight is 216 g/mol. The number of aliphatic carboxylic acids is 1. The van der Waals surface area contributed by atoms with Gasteiger partial charge in [-0.25, -0.2) is 0 Å². The van der Waals surface area contributed by atoms with E-state index in [9.17, 15) is 9.90 Å². The first-order chi connectivity index (χ1) is 6.75. The van der Waals surface area contributed by atoms with Crippen molar-refractivity contribution in [3.8, 4) is 0 Å². The van der Waals surface area contributed by atoms with Crippen molar-refractivity contribution in [2.75, 3.05) is 6.54 Å². The molecule has 0 aromatic heterocycles. The monoisotopic (exact) mass is 216 g/mol. The van der Waals surface area contributed by atoms with Crippen molar-refractivity contribution >= 4 is 5.97 Å². The van der Waals surface area contributed by atoms with Crippen LogP contribution in [0.15, 0.2) is 0 Å². The van der Waals surface area contributed by atoms with Crippen LogP contribution in [0.2, 0.25) is 0 Å². The first kappa shape index (κ1) is 12.4. The molecule has 5 heteroatoms. The lowest BCUT2D eigenvalue weighted by Crippen LogP contribution is -2.65. The van der Waals surface area contributed by atoms with Crippen LogP contribution in [0.1, 0.15) is 27.2 Å². The van der Waals surface area contributed by atoms with Crippen LogP contribution in [-0.4, -0.2) is 51.4 Å². The Kier molecular flexibility index (Phi) is 3.38. The molecule has 1 saturated heterocycles. The van der Waals surface area contributed by atoms with Crippen LogP contribution in [0.5, 0.6) is 0 Å². The lowest BCUT2D eigenvalue weighted by atomic mass is 9.89. The lowest BCUT2D eigenvalue weighted by molar-refractivity contribution is -0.155. The van der Waals surface area contributed by atoms with Gasteiger partial charge in [-0.15, -0.1) is 0 Å². The number of carbonyl (C=O) groups is 1. The largest absolute Gasteiger partial charge is 0.480 e. The number of likely N-dealkylation sites (tertiary alicyclic amines) is 1. The van der Waals surface area contributed by atoms with Gasteiger partial charge in [0.1, 0.15) is 6.04 Å². The molecule has 0 spiro atoms. The third-order valence-corrected chi connectivity index (χ3v) is 2.92. The van der Waals surface area contributed by atoms with Crippen molar-refractivity contribution in [1.29, 1.82) is 0 Å². The highest BCUT2D eigenvalue weighted by Crippen LogP contribution is 2.25. The van der Waals surface area contributed by atoms with E-state index in [1.54, 1.807) is 4.90 Å². The Morgan fingerprint density at radius 1 is 1.47 bits per heavy atom. The second kappa shape index (κ2) is 4.08. The summed E-state index contributed by atoms with van der Waals surface area (Å²) in [5.41, 5.74) is 5.40. The van der Waals surface area contributed by atoms with Crippen LogP contribution in [-0.2, 0) is 4.79 Å². The second-order valence-corrected chi connectivity index (χ2v) is 5.09. The minimum Gasteiger partial charge on any atom is -0.480 e. The Morgan fingerprint density at radius 2 is 2.00 bits per heavy atom. The maximum atomic E-state index is 11.1. The Morgan fingerprint density at radius 3 is 2.40 bits per heavy atom. The van der Waals surface area contributed by atoms with Crippen LogP contribution < -0.4 is 5.73 Å². The fourth-order valence-electron chi connectivity index (χ4n) is 2.05. The maximum absolute atomic E-state index is 11.1. The molecule has 15 heavy (non-hydrogen) atoms. The number of rotatable bonds is 1. The molecule has 5 nitrogen and oxygen atoms in total. The van der Waals surface area contributed by atoms with Gasteiger partial charge in [-0.05, 0) is 27.2 Å². The number of hydrogen-bond acceptors (Lipinski definition) is 4. The van der Waals surface area contributed by atoms with Crippen LogP contribution in [0.3, 0.4) is 0 Å². The van der Waals surface area contributed by atoms with E-state index in [0.29, 0.717) is 13.0 Å². The summed E-state index contributed by atoms with van der Waals surface area (Å²) in [7, 11) is 0. The van der Waals surface area contributed by atoms with Gasteiger partial charge in [0.2, 0.25) is 0 Å². The second-order valence-electron chi connectivity index (χ2n) is 5.09. The van der Waals surface area contributed by atoms with Crippen molar-refractivity contribution < 1.29 is 15.0 Å². The van der Waals surface area contributed by atoms with Crippen LogP contribution >= 0.6 is 0 Å². The molecular formula is C10H20N2O3. The summed E-state index contributed by atoms with van der Waals surface area (Å²) in [5, 5.41) is 18.9. The van der Waals surface area contributed by atoms with E-state index < -0.39 is 24.2 Å². The van der Waals surface area contributed by atoms with Crippen molar-refractivity contribution in [1.82, 2.24) is 4.90 Å². The molecule has 1 heterocycles. The molecule has 3 atom stereocenters. The summed E-state index contributed by atoms with van der Waals surface area (Å²) in [6.45, 7) is 6.42. The van der Waals surface area contributed by atoms with Gasteiger partial charge < -0.3 is 15.9 Å². The summed E-state index contributed by atoms with van der Waals surface area (Å²) in [5.74, 6) is -1.01. The molecule has 0 amide bonds. The van der Waals surface area contributed by atoms with E-state index in [0.717, 1.165) is 0 Å². The fourth-order valence-corrected chi connectivity index (χ4v) is 2.05. The molecule has 88 valence electrons. The van der Waals surface area contributed by atoms with Crippen LogP contribution in [0.25, 0.3) is 0 Å². The molecule has 0 bridgehead atoms. The minimum atomic E-state index is -1.01. The fraction of sp³-hybridized carbons (Fsp3) is 0.900. The standard InChI is InChI=1S/C10H20N2O3/c1-10(2,3)12-5-4-6(11)8(13)7(12)9(14)15/h6-8,13H,4-5,11H2,1-3H3,(H,14,15). The van der Waals surface area contributed by atoms with Crippen molar-refractivity contribution in [3.63, 3.8) is 0 Å². The molecule has 3 unspecified atom stereocenters. The molecule has 0 aromatic rings. The van der Waals surface area contributed by atoms with E-state index in [1.165, 1.54) is 0 Å². The highest BCUT2D eigenvalue weighted by molar-refractivity contribution is 5.74. The summed E-state index contributed by atoms with van der Waals surface area (Å²) in [6, 6.07) is -1.33. The third kappa shape index (κ3) is 2.48. The summed E-state index contributed by atoms with van der Waals surface area (Å²) in [6.07, 6.45) is -0.363. The number of carboxylic acid groups (broad SMARTS) is 1. The van der Waals surface area contributed by atoms with E-state index in [4.69, 9.17) is 10.8 Å². The first-order valence-corrected chi connectivity index (χ1v) is 5.18. The van der Waals surface area contributed by atoms with E-state index in [-0.39, 0.29) is 5.54 Å². The summed E-state index contributed by atoms with van der Waals surface area (Å²) in [4.78, 5) is 12.9. The molecular weight excluding hydrogens is 196 g/mol. The summed E-state index contributed by atoms with van der Waals surface area (Å²) < 4.78 is 0. The number of nitrogens with zero attached hydrogens (tertiary/aromatic N) is 1. The number of nitrogens with two attached hydrogens (primary N) is 1. The predicted octanol–water partition coefficient (Wildman–Crippen LogP) is -0.368. The normalized spacial score (nSPS) is 34.1. The number of piperidine rings is 1. The van der Waals surface area contributed by atoms with Gasteiger partial charge in [-0.2, -0.15) is 0 Å². The van der Waals surface area contributed by atoms with Gasteiger partial charge in [-0.3, -0.25) is 9.69 Å². The number of aliphatic hydroxyl groups is 1. The lowest BCUT2D eigenvalue weighted by Gasteiger charge is -2.46. The number of carboxylic acids is 1. The molecule has 1 aliphatic rings. The van der Waals surface area contributed by atoms with Crippen LogP contribution in [0.4, 0.5) is 0 Å². The van der Waals surface area contributed by atoms with Crippen LogP contribution in [0, 0.1) is 0 Å². The van der Waals surface area contributed by atoms with E-state index in [1.807, 2.05) is 20.8 Å². The molecule has 0 aliphatic carbocycles. The number of hydrogen-bond donors (Lipinski definition) is 3. The van der Waals surface area contributed by atoms with E-state index >= 15 is 0 Å². The highest BCUT2D eigenvalue weighted by Gasteiger charge is 2.44. The van der Waals surface area contributed by atoms with Gasteiger partial charge >= 0.3 is 5.97 Å². The predicted molar refractivity (Wildman–Crippen MR) is 56.5 cm³/mol. The maximum Gasteiger partial charge on any atom is 0.323 e. The van der Waals surface area contributed by atoms with Gasteiger partial charge in [0.05, 0.1) is 6.10 Å². The number of aliphatic hydroxyl groups excluding tert-OH is 1. The zero-order chi connectivity index (χ0) is 11.8. The molecule has 0 aromatic carbocycles. The van der Waals surface area contributed by atoms with Crippen molar-refractivity contribution in [2.45, 2.75) is 50.9 Å². The van der Waals surface area contributed by atoms with Crippen molar-refractivity contribution in [3.05, 3.63) is 0 Å². The van der Waals surface area contributed by atoms with Gasteiger partial charge in [0.15, 0.2) is 0 Å². The molecule has 1 aliphatic heterocycles. The third-order valence-electron chi connectivity index (χ3n) is 2.92. The Hall–Kier alpha value is -0.650. The Balaban J connectivity index is 2.92. The van der Waals surface area contributed by atoms with Crippen molar-refractivity contribution in [2.24, 2.45) is 5.73 Å². The zero-order valence-corrected chi connectivity index (χ0v) is 9.47. The van der Waals surface area contributed by atoms with Gasteiger partial charge in [0, 0.05) is 18.1 Å². The topological polar surface area (TPSA) is 86.8 Å². The van der Waals surface area contributed by atoms with Gasteiger partial charge in [-0.1, -0.05) is 0 Å². The molecule has 4 N–H and O–H groups in total. The highest BCUT2D eigenvalue weighted by atomic mass is 16.4. The average Bonchev–Trinajstić information content (AvgIpc) is 2.06. The summed E-state index contributed by atoms with van der Waals surface area (Å²) >= 11 is 0. The SMILES string of the molecule is CC(C)(C)N1CCC(N)C(O)C1C(=O)O. The zero-order valence-electron chi connectivity index (χ0n) is 9.47. The molecule has 0 saturated carbocycles.